The predicted molar refractivity (Wildman–Crippen MR) is 103 cm³/mol. The van der Waals surface area contributed by atoms with E-state index in [2.05, 4.69) is 9.97 Å². The van der Waals surface area contributed by atoms with Crippen LogP contribution in [0, 0.1) is 17.1 Å². The number of rotatable bonds is 6. The van der Waals surface area contributed by atoms with Crippen molar-refractivity contribution in [2.75, 3.05) is 18.1 Å². The molecule has 0 amide bonds. The van der Waals surface area contributed by atoms with E-state index in [1.54, 1.807) is 30.3 Å². The lowest BCUT2D eigenvalue weighted by atomic mass is 10.1. The van der Waals surface area contributed by atoms with Gasteiger partial charge in [0.05, 0.1) is 12.3 Å². The zero-order chi connectivity index (χ0) is 20.1. The van der Waals surface area contributed by atoms with Crippen LogP contribution >= 0.6 is 0 Å². The Hall–Kier alpha value is -3.86. The van der Waals surface area contributed by atoms with Gasteiger partial charge in [-0.05, 0) is 42.8 Å². The predicted octanol–water partition coefficient (Wildman–Crippen LogP) is 3.30. The Morgan fingerprint density at radius 2 is 1.79 bits per heavy atom. The van der Waals surface area contributed by atoms with Gasteiger partial charge in [-0.15, -0.1) is 0 Å². The Bertz CT molecular complexity index is 1030. The number of halogens is 1. The molecule has 0 aliphatic rings. The summed E-state index contributed by atoms with van der Waals surface area (Å²) in [6.45, 7) is 2.50. The van der Waals surface area contributed by atoms with Crippen molar-refractivity contribution in [1.82, 2.24) is 9.97 Å². The third kappa shape index (κ3) is 4.10. The molecule has 0 spiro atoms. The van der Waals surface area contributed by atoms with Gasteiger partial charge in [-0.25, -0.2) is 9.37 Å². The summed E-state index contributed by atoms with van der Waals surface area (Å²) in [5, 5.41) is 9.38. The Balaban J connectivity index is 1.93. The average molecular weight is 379 g/mol. The highest BCUT2D eigenvalue weighted by atomic mass is 19.1. The fourth-order valence-corrected chi connectivity index (χ4v) is 2.60. The maximum Gasteiger partial charge on any atom is 0.222 e. The summed E-state index contributed by atoms with van der Waals surface area (Å²) >= 11 is 0. The summed E-state index contributed by atoms with van der Waals surface area (Å²) in [4.78, 5) is 7.96. The Labute approximate surface area is 161 Å². The van der Waals surface area contributed by atoms with Crippen LogP contribution in [0.3, 0.4) is 0 Å². The van der Waals surface area contributed by atoms with Crippen molar-refractivity contribution < 1.29 is 13.9 Å². The van der Waals surface area contributed by atoms with Crippen molar-refractivity contribution in [2.24, 2.45) is 0 Å². The maximum absolute atomic E-state index is 13.0. The first-order valence-electron chi connectivity index (χ1n) is 8.49. The molecule has 0 radical (unpaired) electrons. The number of hydrogen-bond acceptors (Lipinski definition) is 7. The van der Waals surface area contributed by atoms with E-state index in [0.717, 1.165) is 5.56 Å². The minimum atomic E-state index is -0.306. The van der Waals surface area contributed by atoms with Crippen LogP contribution in [0.15, 0.2) is 42.5 Å². The van der Waals surface area contributed by atoms with Gasteiger partial charge in [-0.1, -0.05) is 12.1 Å². The number of benzene rings is 2. The number of nitrogens with zero attached hydrogens (tertiary/aromatic N) is 3. The summed E-state index contributed by atoms with van der Waals surface area (Å²) in [5.41, 5.74) is 13.3. The molecular formula is C20H18FN5O2. The first-order chi connectivity index (χ1) is 13.5. The second-order valence-electron chi connectivity index (χ2n) is 5.81. The van der Waals surface area contributed by atoms with E-state index in [9.17, 15) is 9.65 Å². The molecule has 3 rings (SSSR count). The molecule has 0 aliphatic carbocycles. The third-order valence-corrected chi connectivity index (χ3v) is 3.89. The van der Waals surface area contributed by atoms with Crippen LogP contribution in [0.2, 0.25) is 0 Å². The standard InChI is InChI=1S/C20H18FN5O2/c1-2-27-17-9-13(18-15(10-22)19(23)26-20(24)25-18)5-8-16(17)28-11-12-3-6-14(21)7-4-12/h3-9H,2,11H2,1H3,(H4,23,24,25,26). The minimum absolute atomic E-state index is 0.0135. The van der Waals surface area contributed by atoms with Gasteiger partial charge >= 0.3 is 0 Å². The van der Waals surface area contributed by atoms with Gasteiger partial charge in [0.25, 0.3) is 0 Å². The largest absolute Gasteiger partial charge is 0.490 e. The van der Waals surface area contributed by atoms with Crippen LogP contribution in [-0.2, 0) is 6.61 Å². The van der Waals surface area contributed by atoms with Gasteiger partial charge < -0.3 is 20.9 Å². The highest BCUT2D eigenvalue weighted by Crippen LogP contribution is 2.34. The van der Waals surface area contributed by atoms with Crippen molar-refractivity contribution >= 4 is 11.8 Å². The Kier molecular flexibility index (Phi) is 5.56. The molecule has 1 aromatic heterocycles. The van der Waals surface area contributed by atoms with E-state index < -0.39 is 0 Å². The maximum atomic E-state index is 13.0. The van der Waals surface area contributed by atoms with Crippen molar-refractivity contribution in [3.05, 3.63) is 59.4 Å². The molecule has 1 heterocycles. The van der Waals surface area contributed by atoms with Gasteiger partial charge in [0.15, 0.2) is 11.5 Å². The van der Waals surface area contributed by atoms with E-state index >= 15 is 0 Å². The Morgan fingerprint density at radius 3 is 2.46 bits per heavy atom. The second kappa shape index (κ2) is 8.22. The quantitative estimate of drug-likeness (QED) is 0.674. The van der Waals surface area contributed by atoms with Crippen LogP contribution in [0.5, 0.6) is 11.5 Å². The summed E-state index contributed by atoms with van der Waals surface area (Å²) in [7, 11) is 0. The monoisotopic (exact) mass is 379 g/mol. The average Bonchev–Trinajstić information content (AvgIpc) is 2.68. The van der Waals surface area contributed by atoms with E-state index in [4.69, 9.17) is 20.9 Å². The third-order valence-electron chi connectivity index (χ3n) is 3.89. The smallest absolute Gasteiger partial charge is 0.222 e. The summed E-state index contributed by atoms with van der Waals surface area (Å²) < 4.78 is 24.5. The molecule has 0 saturated heterocycles. The topological polar surface area (TPSA) is 120 Å². The first-order valence-corrected chi connectivity index (χ1v) is 8.49. The molecule has 3 aromatic rings. The molecule has 7 nitrogen and oxygen atoms in total. The number of ether oxygens (including phenoxy) is 2. The molecule has 2 aromatic carbocycles. The lowest BCUT2D eigenvalue weighted by Gasteiger charge is -2.14. The Morgan fingerprint density at radius 1 is 1.04 bits per heavy atom. The number of nitriles is 1. The zero-order valence-electron chi connectivity index (χ0n) is 15.1. The van der Waals surface area contributed by atoms with Crippen molar-refractivity contribution in [1.29, 1.82) is 5.26 Å². The number of anilines is 2. The van der Waals surface area contributed by atoms with Crippen LogP contribution in [0.1, 0.15) is 18.1 Å². The van der Waals surface area contributed by atoms with Crippen LogP contribution in [0.4, 0.5) is 16.2 Å². The summed E-state index contributed by atoms with van der Waals surface area (Å²) in [5.74, 6) is 0.658. The first kappa shape index (κ1) is 18.9. The van der Waals surface area contributed by atoms with Crippen LogP contribution < -0.4 is 20.9 Å². The zero-order valence-corrected chi connectivity index (χ0v) is 15.1. The molecular weight excluding hydrogens is 361 g/mol. The molecule has 4 N–H and O–H groups in total. The van der Waals surface area contributed by atoms with Gasteiger partial charge in [-0.3, -0.25) is 0 Å². The molecule has 0 fully saturated rings. The minimum Gasteiger partial charge on any atom is -0.490 e. The van der Waals surface area contributed by atoms with Crippen molar-refractivity contribution in [3.63, 3.8) is 0 Å². The molecule has 0 saturated carbocycles. The molecule has 0 aliphatic heterocycles. The van der Waals surface area contributed by atoms with Crippen LogP contribution in [-0.4, -0.2) is 16.6 Å². The molecule has 0 atom stereocenters. The highest BCUT2D eigenvalue weighted by molar-refractivity contribution is 5.74. The van der Waals surface area contributed by atoms with E-state index in [-0.39, 0.29) is 29.8 Å². The second-order valence-corrected chi connectivity index (χ2v) is 5.81. The lowest BCUT2D eigenvalue weighted by Crippen LogP contribution is -2.05. The fourth-order valence-electron chi connectivity index (χ4n) is 2.60. The van der Waals surface area contributed by atoms with E-state index in [1.807, 2.05) is 13.0 Å². The summed E-state index contributed by atoms with van der Waals surface area (Å²) in [6.07, 6.45) is 0. The van der Waals surface area contributed by atoms with Crippen LogP contribution in [0.25, 0.3) is 11.3 Å². The van der Waals surface area contributed by atoms with E-state index in [1.165, 1.54) is 12.1 Å². The van der Waals surface area contributed by atoms with Gasteiger partial charge in [-0.2, -0.15) is 10.2 Å². The van der Waals surface area contributed by atoms with Gasteiger partial charge in [0.2, 0.25) is 5.95 Å². The molecule has 8 heteroatoms. The number of hydrogen-bond donors (Lipinski definition) is 2. The molecule has 28 heavy (non-hydrogen) atoms. The number of nitrogens with two attached hydrogens (primary N) is 2. The van der Waals surface area contributed by atoms with Crippen molar-refractivity contribution in [3.8, 4) is 28.8 Å². The fraction of sp³-hybridized carbons (Fsp3) is 0.150. The van der Waals surface area contributed by atoms with E-state index in [0.29, 0.717) is 29.4 Å². The number of aromatic nitrogens is 2. The SMILES string of the molecule is CCOc1cc(-c2nc(N)nc(N)c2C#N)ccc1OCc1ccc(F)cc1. The number of nitrogen functional groups attached to an aromatic ring is 2. The highest BCUT2D eigenvalue weighted by Gasteiger charge is 2.16. The lowest BCUT2D eigenvalue weighted by molar-refractivity contribution is 0.269. The molecule has 142 valence electrons. The molecule has 0 unspecified atom stereocenters. The van der Waals surface area contributed by atoms with Gasteiger partial charge in [0.1, 0.15) is 29.9 Å². The normalized spacial score (nSPS) is 10.3. The molecule has 0 bridgehead atoms. The van der Waals surface area contributed by atoms with Crippen molar-refractivity contribution in [2.45, 2.75) is 13.5 Å². The van der Waals surface area contributed by atoms with Gasteiger partial charge in [0, 0.05) is 5.56 Å². The summed E-state index contributed by atoms with van der Waals surface area (Å²) in [6, 6.07) is 13.2.